The number of hydrogen-bond acceptors (Lipinski definition) is 4. The highest BCUT2D eigenvalue weighted by atomic mass is 32.1. The Hall–Kier alpha value is -2.33. The molecule has 0 saturated carbocycles. The first-order valence-electron chi connectivity index (χ1n) is 8.34. The lowest BCUT2D eigenvalue weighted by Gasteiger charge is -2.20. The van der Waals surface area contributed by atoms with Crippen LogP contribution in [0.2, 0.25) is 0 Å². The summed E-state index contributed by atoms with van der Waals surface area (Å²) in [6.07, 6.45) is 0. The molecule has 3 nitrogen and oxygen atoms in total. The number of hydrogen-bond donors (Lipinski definition) is 1. The van der Waals surface area contributed by atoms with E-state index >= 15 is 0 Å². The van der Waals surface area contributed by atoms with E-state index in [1.807, 2.05) is 12.1 Å². The molecule has 1 heterocycles. The largest absolute Gasteiger partial charge is 0.372 e. The molecule has 0 aliphatic heterocycles. The number of aryl methyl sites for hydroxylation is 1. The predicted octanol–water partition coefficient (Wildman–Crippen LogP) is 5.71. The molecular formula is C20H23N3S. The molecule has 0 aliphatic rings. The molecule has 1 N–H and O–H groups in total. The first kappa shape index (κ1) is 16.5. The second-order valence-electron chi connectivity index (χ2n) is 5.70. The zero-order chi connectivity index (χ0) is 16.9. The normalized spacial score (nSPS) is 10.6. The predicted molar refractivity (Wildman–Crippen MR) is 106 cm³/mol. The number of anilines is 3. The summed E-state index contributed by atoms with van der Waals surface area (Å²) in [6, 6.07) is 16.9. The van der Waals surface area contributed by atoms with Gasteiger partial charge in [0.2, 0.25) is 0 Å². The Morgan fingerprint density at radius 1 is 1.00 bits per heavy atom. The molecule has 0 spiro atoms. The average molecular weight is 337 g/mol. The van der Waals surface area contributed by atoms with Crippen LogP contribution in [0, 0.1) is 6.92 Å². The second-order valence-corrected chi connectivity index (χ2v) is 6.56. The third kappa shape index (κ3) is 3.60. The summed E-state index contributed by atoms with van der Waals surface area (Å²) >= 11 is 1.63. The lowest BCUT2D eigenvalue weighted by molar-refractivity contribution is 0.866. The number of para-hydroxylation sites is 1. The van der Waals surface area contributed by atoms with Crippen molar-refractivity contribution in [2.75, 3.05) is 23.3 Å². The van der Waals surface area contributed by atoms with Crippen molar-refractivity contribution in [3.05, 3.63) is 59.5 Å². The van der Waals surface area contributed by atoms with Gasteiger partial charge >= 0.3 is 0 Å². The van der Waals surface area contributed by atoms with Crippen LogP contribution in [0.3, 0.4) is 0 Å². The van der Waals surface area contributed by atoms with Crippen molar-refractivity contribution in [2.45, 2.75) is 20.8 Å². The summed E-state index contributed by atoms with van der Waals surface area (Å²) in [6.45, 7) is 8.51. The number of nitrogens with zero attached hydrogens (tertiary/aromatic N) is 2. The smallest absolute Gasteiger partial charge is 0.187 e. The van der Waals surface area contributed by atoms with Crippen molar-refractivity contribution in [1.29, 1.82) is 0 Å². The lowest BCUT2D eigenvalue weighted by Crippen LogP contribution is -2.21. The van der Waals surface area contributed by atoms with E-state index < -0.39 is 0 Å². The Bertz CT molecular complexity index is 789. The number of nitrogens with one attached hydrogen (secondary N) is 1. The summed E-state index contributed by atoms with van der Waals surface area (Å²) < 4.78 is 0. The SMILES string of the molecule is CCN(CC)c1ccc(-c2csc(Nc3ccccc3C)n2)cc1. The van der Waals surface area contributed by atoms with Gasteiger partial charge in [-0.2, -0.15) is 0 Å². The van der Waals surface area contributed by atoms with E-state index in [-0.39, 0.29) is 0 Å². The summed E-state index contributed by atoms with van der Waals surface area (Å²) in [5.74, 6) is 0. The maximum absolute atomic E-state index is 4.73. The molecule has 1 aromatic heterocycles. The first-order valence-corrected chi connectivity index (χ1v) is 9.22. The molecular weight excluding hydrogens is 314 g/mol. The Labute approximate surface area is 148 Å². The van der Waals surface area contributed by atoms with Gasteiger partial charge in [0, 0.05) is 35.4 Å². The molecule has 0 unspecified atom stereocenters. The summed E-state index contributed by atoms with van der Waals surface area (Å²) in [7, 11) is 0. The quantitative estimate of drug-likeness (QED) is 0.624. The Morgan fingerprint density at radius 3 is 2.38 bits per heavy atom. The number of aromatic nitrogens is 1. The van der Waals surface area contributed by atoms with Crippen molar-refractivity contribution >= 4 is 27.8 Å². The Balaban J connectivity index is 1.77. The molecule has 24 heavy (non-hydrogen) atoms. The average Bonchev–Trinajstić information content (AvgIpc) is 3.07. The van der Waals surface area contributed by atoms with E-state index in [0.717, 1.165) is 35.2 Å². The zero-order valence-electron chi connectivity index (χ0n) is 14.4. The van der Waals surface area contributed by atoms with Crippen LogP contribution in [0.15, 0.2) is 53.9 Å². The lowest BCUT2D eigenvalue weighted by atomic mass is 10.1. The minimum absolute atomic E-state index is 0.923. The van der Waals surface area contributed by atoms with Gasteiger partial charge in [0.15, 0.2) is 5.13 Å². The van der Waals surface area contributed by atoms with Gasteiger partial charge < -0.3 is 10.2 Å². The van der Waals surface area contributed by atoms with Crippen LogP contribution in [-0.4, -0.2) is 18.1 Å². The standard InChI is InChI=1S/C20H23N3S/c1-4-23(5-2)17-12-10-16(11-13-17)19-14-24-20(22-19)21-18-9-7-6-8-15(18)3/h6-14H,4-5H2,1-3H3,(H,21,22). The highest BCUT2D eigenvalue weighted by Gasteiger charge is 2.07. The first-order chi connectivity index (χ1) is 11.7. The van der Waals surface area contributed by atoms with Gasteiger partial charge in [-0.1, -0.05) is 30.3 Å². The third-order valence-electron chi connectivity index (χ3n) is 4.18. The van der Waals surface area contributed by atoms with Crippen LogP contribution in [0.25, 0.3) is 11.3 Å². The van der Waals surface area contributed by atoms with E-state index in [1.165, 1.54) is 11.3 Å². The molecule has 0 fully saturated rings. The molecule has 4 heteroatoms. The fraction of sp³-hybridized carbons (Fsp3) is 0.250. The van der Waals surface area contributed by atoms with E-state index in [0.29, 0.717) is 0 Å². The third-order valence-corrected chi connectivity index (χ3v) is 4.94. The van der Waals surface area contributed by atoms with Crippen LogP contribution in [0.4, 0.5) is 16.5 Å². The van der Waals surface area contributed by atoms with Crippen molar-refractivity contribution in [2.24, 2.45) is 0 Å². The molecule has 0 bridgehead atoms. The molecule has 0 atom stereocenters. The van der Waals surface area contributed by atoms with Gasteiger partial charge in [0.05, 0.1) is 5.69 Å². The van der Waals surface area contributed by atoms with Gasteiger partial charge in [0.1, 0.15) is 0 Å². The Kier molecular flexibility index (Phi) is 5.16. The second kappa shape index (κ2) is 7.49. The number of benzene rings is 2. The van der Waals surface area contributed by atoms with Crippen molar-refractivity contribution < 1.29 is 0 Å². The molecule has 0 aliphatic carbocycles. The van der Waals surface area contributed by atoms with Crippen LogP contribution < -0.4 is 10.2 Å². The van der Waals surface area contributed by atoms with E-state index in [9.17, 15) is 0 Å². The Morgan fingerprint density at radius 2 is 1.71 bits per heavy atom. The summed E-state index contributed by atoms with van der Waals surface area (Å²) in [5.41, 5.74) is 5.76. The number of rotatable bonds is 6. The maximum atomic E-state index is 4.73. The zero-order valence-corrected chi connectivity index (χ0v) is 15.2. The molecule has 2 aromatic carbocycles. The molecule has 3 aromatic rings. The van der Waals surface area contributed by atoms with E-state index in [1.54, 1.807) is 11.3 Å². The minimum Gasteiger partial charge on any atom is -0.372 e. The molecule has 0 radical (unpaired) electrons. The van der Waals surface area contributed by atoms with Gasteiger partial charge in [-0.3, -0.25) is 0 Å². The van der Waals surface area contributed by atoms with Crippen LogP contribution in [0.5, 0.6) is 0 Å². The maximum Gasteiger partial charge on any atom is 0.187 e. The number of thiazole rings is 1. The van der Waals surface area contributed by atoms with Crippen LogP contribution >= 0.6 is 11.3 Å². The summed E-state index contributed by atoms with van der Waals surface area (Å²) in [4.78, 5) is 7.07. The highest BCUT2D eigenvalue weighted by Crippen LogP contribution is 2.29. The van der Waals surface area contributed by atoms with Gasteiger partial charge in [-0.25, -0.2) is 4.98 Å². The van der Waals surface area contributed by atoms with Crippen molar-refractivity contribution in [3.8, 4) is 11.3 Å². The van der Waals surface area contributed by atoms with E-state index in [2.05, 4.69) is 72.8 Å². The highest BCUT2D eigenvalue weighted by molar-refractivity contribution is 7.14. The topological polar surface area (TPSA) is 28.2 Å². The van der Waals surface area contributed by atoms with Crippen LogP contribution in [-0.2, 0) is 0 Å². The molecule has 0 amide bonds. The van der Waals surface area contributed by atoms with Gasteiger partial charge in [0.25, 0.3) is 0 Å². The van der Waals surface area contributed by atoms with E-state index in [4.69, 9.17) is 4.98 Å². The fourth-order valence-electron chi connectivity index (χ4n) is 2.72. The van der Waals surface area contributed by atoms with Crippen LogP contribution in [0.1, 0.15) is 19.4 Å². The van der Waals surface area contributed by atoms with Gasteiger partial charge in [-0.15, -0.1) is 11.3 Å². The summed E-state index contributed by atoms with van der Waals surface area (Å²) in [5, 5.41) is 6.44. The van der Waals surface area contributed by atoms with Crippen molar-refractivity contribution in [1.82, 2.24) is 4.98 Å². The molecule has 124 valence electrons. The minimum atomic E-state index is 0.923. The molecule has 0 saturated heterocycles. The van der Waals surface area contributed by atoms with Crippen molar-refractivity contribution in [3.63, 3.8) is 0 Å². The monoisotopic (exact) mass is 337 g/mol. The fourth-order valence-corrected chi connectivity index (χ4v) is 3.46. The van der Waals surface area contributed by atoms with Gasteiger partial charge in [-0.05, 0) is 44.5 Å². The molecule has 3 rings (SSSR count).